The predicted octanol–water partition coefficient (Wildman–Crippen LogP) is 2.13. The van der Waals surface area contributed by atoms with E-state index in [4.69, 9.17) is 9.47 Å². The van der Waals surface area contributed by atoms with Gasteiger partial charge in [-0.25, -0.2) is 0 Å². The fourth-order valence-electron chi connectivity index (χ4n) is 2.10. The maximum Gasteiger partial charge on any atom is 0.309 e. The molecule has 8 heteroatoms. The number of methoxy groups -OCH3 is 1. The Morgan fingerprint density at radius 2 is 2.09 bits per heavy atom. The monoisotopic (exact) mass is 322 g/mol. The molecule has 0 aromatic heterocycles. The highest BCUT2D eigenvalue weighted by molar-refractivity contribution is 5.96. The minimum absolute atomic E-state index is 0.126. The molecule has 23 heavy (non-hydrogen) atoms. The summed E-state index contributed by atoms with van der Waals surface area (Å²) < 4.78 is 10.1. The van der Waals surface area contributed by atoms with Crippen LogP contribution in [0.5, 0.6) is 5.75 Å². The van der Waals surface area contributed by atoms with Crippen LogP contribution in [0.3, 0.4) is 0 Å². The SMILES string of the molecule is COc1cc([N+](=O)[O-])ccc1NC(=O)[C@H](C)OC(=O)[C@H]1C[C@@H]1C. The van der Waals surface area contributed by atoms with Gasteiger partial charge in [0.15, 0.2) is 6.10 Å². The number of rotatable bonds is 6. The molecule has 0 spiro atoms. The first kappa shape index (κ1) is 16.7. The molecule has 0 unspecified atom stereocenters. The van der Waals surface area contributed by atoms with Crippen molar-refractivity contribution in [1.29, 1.82) is 0 Å². The standard InChI is InChI=1S/C15H18N2O6/c1-8-6-11(8)15(19)23-9(2)14(18)16-12-5-4-10(17(20)21)7-13(12)22-3/h4-5,7-9,11H,6H2,1-3H3,(H,16,18)/t8-,9-,11-/m0/s1. The van der Waals surface area contributed by atoms with Crippen molar-refractivity contribution in [3.05, 3.63) is 28.3 Å². The minimum Gasteiger partial charge on any atom is -0.494 e. The van der Waals surface area contributed by atoms with Gasteiger partial charge in [0.1, 0.15) is 5.75 Å². The number of nitrogens with one attached hydrogen (secondary N) is 1. The van der Waals surface area contributed by atoms with Gasteiger partial charge in [-0.1, -0.05) is 6.92 Å². The Kier molecular flexibility index (Phi) is 4.83. The molecule has 1 fully saturated rings. The summed E-state index contributed by atoms with van der Waals surface area (Å²) in [6.07, 6.45) is -0.182. The van der Waals surface area contributed by atoms with Crippen molar-refractivity contribution in [1.82, 2.24) is 0 Å². The highest BCUT2D eigenvalue weighted by Gasteiger charge is 2.41. The number of carbonyl (C=O) groups is 2. The van der Waals surface area contributed by atoms with Crippen molar-refractivity contribution in [2.75, 3.05) is 12.4 Å². The lowest BCUT2D eigenvalue weighted by Crippen LogP contribution is -2.30. The second-order valence-electron chi connectivity index (χ2n) is 5.53. The number of nitro benzene ring substituents is 1. The number of carbonyl (C=O) groups excluding carboxylic acids is 2. The van der Waals surface area contributed by atoms with Crippen molar-refractivity contribution in [3.63, 3.8) is 0 Å². The lowest BCUT2D eigenvalue weighted by atomic mass is 10.2. The molecule has 0 bridgehead atoms. The number of esters is 1. The van der Waals surface area contributed by atoms with Gasteiger partial charge >= 0.3 is 5.97 Å². The van der Waals surface area contributed by atoms with E-state index in [-0.39, 0.29) is 29.0 Å². The molecule has 2 rings (SSSR count). The third-order valence-electron chi connectivity index (χ3n) is 3.73. The maximum absolute atomic E-state index is 12.1. The van der Waals surface area contributed by atoms with Crippen molar-refractivity contribution >= 4 is 23.3 Å². The van der Waals surface area contributed by atoms with E-state index < -0.39 is 16.9 Å². The average molecular weight is 322 g/mol. The molecule has 1 N–H and O–H groups in total. The van der Waals surface area contributed by atoms with E-state index in [9.17, 15) is 19.7 Å². The highest BCUT2D eigenvalue weighted by atomic mass is 16.6. The van der Waals surface area contributed by atoms with Crippen LogP contribution in [0, 0.1) is 22.0 Å². The van der Waals surface area contributed by atoms with Crippen molar-refractivity contribution in [3.8, 4) is 5.75 Å². The number of anilines is 1. The molecule has 0 saturated heterocycles. The van der Waals surface area contributed by atoms with Crippen LogP contribution in [-0.4, -0.2) is 30.0 Å². The maximum atomic E-state index is 12.1. The van der Waals surface area contributed by atoms with Gasteiger partial charge in [0, 0.05) is 6.07 Å². The third-order valence-corrected chi connectivity index (χ3v) is 3.73. The molecule has 3 atom stereocenters. The second kappa shape index (κ2) is 6.64. The van der Waals surface area contributed by atoms with Crippen LogP contribution in [0.1, 0.15) is 20.3 Å². The molecule has 1 aliphatic carbocycles. The summed E-state index contributed by atoms with van der Waals surface area (Å²) in [5.41, 5.74) is 0.118. The number of nitrogens with zero attached hydrogens (tertiary/aromatic N) is 1. The van der Waals surface area contributed by atoms with Crippen LogP contribution in [-0.2, 0) is 14.3 Å². The van der Waals surface area contributed by atoms with E-state index in [0.717, 1.165) is 6.42 Å². The quantitative estimate of drug-likeness (QED) is 0.488. The summed E-state index contributed by atoms with van der Waals surface area (Å²) in [4.78, 5) is 34.0. The van der Waals surface area contributed by atoms with E-state index in [1.165, 1.54) is 32.2 Å². The van der Waals surface area contributed by atoms with Crippen LogP contribution in [0.2, 0.25) is 0 Å². The van der Waals surface area contributed by atoms with Gasteiger partial charge in [-0.3, -0.25) is 19.7 Å². The Morgan fingerprint density at radius 1 is 1.43 bits per heavy atom. The van der Waals surface area contributed by atoms with Crippen molar-refractivity contribution in [2.45, 2.75) is 26.4 Å². The van der Waals surface area contributed by atoms with Gasteiger partial charge < -0.3 is 14.8 Å². The van der Waals surface area contributed by atoms with Crippen LogP contribution in [0.25, 0.3) is 0 Å². The largest absolute Gasteiger partial charge is 0.494 e. The number of nitro groups is 1. The summed E-state index contributed by atoms with van der Waals surface area (Å²) in [5.74, 6) is -0.580. The summed E-state index contributed by atoms with van der Waals surface area (Å²) >= 11 is 0. The highest BCUT2D eigenvalue weighted by Crippen LogP contribution is 2.38. The third kappa shape index (κ3) is 3.97. The zero-order chi connectivity index (χ0) is 17.1. The topological polar surface area (TPSA) is 108 Å². The molecule has 1 aromatic carbocycles. The van der Waals surface area contributed by atoms with Crippen LogP contribution in [0.15, 0.2) is 18.2 Å². The van der Waals surface area contributed by atoms with Gasteiger partial charge in [0.05, 0.1) is 29.7 Å². The molecule has 8 nitrogen and oxygen atoms in total. The molecule has 0 aliphatic heterocycles. The Bertz CT molecular complexity index is 645. The second-order valence-corrected chi connectivity index (χ2v) is 5.53. The van der Waals surface area contributed by atoms with Gasteiger partial charge in [0.25, 0.3) is 11.6 Å². The molecule has 1 aliphatic rings. The summed E-state index contributed by atoms with van der Waals surface area (Å²) in [5, 5.41) is 13.3. The van der Waals surface area contributed by atoms with E-state index >= 15 is 0 Å². The van der Waals surface area contributed by atoms with Crippen LogP contribution >= 0.6 is 0 Å². The van der Waals surface area contributed by atoms with E-state index in [2.05, 4.69) is 5.32 Å². The smallest absolute Gasteiger partial charge is 0.309 e. The molecule has 0 heterocycles. The van der Waals surface area contributed by atoms with Gasteiger partial charge in [-0.2, -0.15) is 0 Å². The fourth-order valence-corrected chi connectivity index (χ4v) is 2.10. The average Bonchev–Trinajstić information content (AvgIpc) is 3.24. The summed E-state index contributed by atoms with van der Waals surface area (Å²) in [6, 6.07) is 3.82. The molecule has 1 amide bonds. The number of hydrogen-bond acceptors (Lipinski definition) is 6. The first-order chi connectivity index (χ1) is 10.8. The zero-order valence-corrected chi connectivity index (χ0v) is 13.1. The van der Waals surface area contributed by atoms with E-state index in [1.807, 2.05) is 6.92 Å². The van der Waals surface area contributed by atoms with Crippen molar-refractivity contribution < 1.29 is 24.0 Å². The number of non-ortho nitro benzene ring substituents is 1. The van der Waals surface area contributed by atoms with Gasteiger partial charge in [-0.15, -0.1) is 0 Å². The molecule has 124 valence electrons. The lowest BCUT2D eigenvalue weighted by molar-refractivity contribution is -0.384. The molecular weight excluding hydrogens is 304 g/mol. The Morgan fingerprint density at radius 3 is 2.61 bits per heavy atom. The van der Waals surface area contributed by atoms with Crippen molar-refractivity contribution in [2.24, 2.45) is 11.8 Å². The first-order valence-electron chi connectivity index (χ1n) is 7.17. The number of ether oxygens (including phenoxy) is 2. The fraction of sp³-hybridized carbons (Fsp3) is 0.467. The Labute approximate surface area is 132 Å². The lowest BCUT2D eigenvalue weighted by Gasteiger charge is -2.15. The first-order valence-corrected chi connectivity index (χ1v) is 7.17. The molecule has 0 radical (unpaired) electrons. The predicted molar refractivity (Wildman–Crippen MR) is 81.1 cm³/mol. The molecular formula is C15H18N2O6. The van der Waals surface area contributed by atoms with Crippen LogP contribution < -0.4 is 10.1 Å². The Hall–Kier alpha value is -2.64. The minimum atomic E-state index is -0.963. The summed E-state index contributed by atoms with van der Waals surface area (Å²) in [6.45, 7) is 3.41. The van der Waals surface area contributed by atoms with Crippen LogP contribution in [0.4, 0.5) is 11.4 Å². The number of amides is 1. The van der Waals surface area contributed by atoms with Gasteiger partial charge in [0.2, 0.25) is 0 Å². The van der Waals surface area contributed by atoms with E-state index in [1.54, 1.807) is 0 Å². The normalized spacial score (nSPS) is 20.3. The molecule has 1 saturated carbocycles. The summed E-state index contributed by atoms with van der Waals surface area (Å²) in [7, 11) is 1.34. The number of benzene rings is 1. The van der Waals surface area contributed by atoms with Gasteiger partial charge in [-0.05, 0) is 25.3 Å². The number of hydrogen-bond donors (Lipinski definition) is 1. The zero-order valence-electron chi connectivity index (χ0n) is 13.1. The molecule has 1 aromatic rings. The van der Waals surface area contributed by atoms with E-state index in [0.29, 0.717) is 5.92 Å². The Balaban J connectivity index is 2.01.